The van der Waals surface area contributed by atoms with Crippen LogP contribution in [0.5, 0.6) is 0 Å². The van der Waals surface area contributed by atoms with E-state index in [4.69, 9.17) is 21.1 Å². The molecule has 0 aliphatic heterocycles. The third kappa shape index (κ3) is 21.1. The molecule has 0 radical (unpaired) electrons. The second-order valence-corrected chi connectivity index (χ2v) is 7.71. The Hall–Kier alpha value is -2.81. The molecule has 14 nitrogen and oxygen atoms in total. The average Bonchev–Trinajstić information content (AvgIpc) is 2.73. The summed E-state index contributed by atoms with van der Waals surface area (Å²) in [7, 11) is 0. The molecular weight excluding hydrogens is 452 g/mol. The lowest BCUT2D eigenvalue weighted by Crippen LogP contribution is -2.46. The maximum absolute atomic E-state index is 12.3. The van der Waals surface area contributed by atoms with E-state index in [0.717, 1.165) is 6.42 Å². The van der Waals surface area contributed by atoms with Gasteiger partial charge in [-0.25, -0.2) is 0 Å². The third-order valence-corrected chi connectivity index (χ3v) is 4.64. The van der Waals surface area contributed by atoms with Crippen LogP contribution >= 0.6 is 0 Å². The number of primary amides is 1. The summed E-state index contributed by atoms with van der Waals surface area (Å²) in [5, 5.41) is 34.8. The van der Waals surface area contributed by atoms with Crippen molar-refractivity contribution in [2.75, 3.05) is 72.0 Å². The zero-order chi connectivity index (χ0) is 25.8. The van der Waals surface area contributed by atoms with Crippen LogP contribution in [0.25, 0.3) is 0 Å². The van der Waals surface area contributed by atoms with Crippen molar-refractivity contribution in [2.24, 2.45) is 5.73 Å². The number of carbonyl (C=O) groups is 5. The maximum atomic E-state index is 12.3. The maximum Gasteiger partial charge on any atom is 0.317 e. The third-order valence-electron chi connectivity index (χ3n) is 4.64. The summed E-state index contributed by atoms with van der Waals surface area (Å²) >= 11 is 0. The lowest BCUT2D eigenvalue weighted by Gasteiger charge is -2.26. The van der Waals surface area contributed by atoms with Crippen molar-refractivity contribution in [3.8, 4) is 0 Å². The molecule has 34 heavy (non-hydrogen) atoms. The van der Waals surface area contributed by atoms with Gasteiger partial charge in [-0.3, -0.25) is 33.8 Å². The van der Waals surface area contributed by atoms with Crippen molar-refractivity contribution in [1.29, 1.82) is 0 Å². The van der Waals surface area contributed by atoms with Gasteiger partial charge in [0.05, 0.1) is 26.2 Å². The second-order valence-electron chi connectivity index (χ2n) is 7.71. The summed E-state index contributed by atoms with van der Waals surface area (Å²) in [5.74, 6) is -3.61. The van der Waals surface area contributed by atoms with Gasteiger partial charge in [0.1, 0.15) is 0 Å². The first-order chi connectivity index (χ1) is 16.1. The molecule has 0 spiro atoms. The number of nitrogens with two attached hydrogens (primary N) is 1. The summed E-state index contributed by atoms with van der Waals surface area (Å²) in [5.41, 5.74) is 5.08. The Kier molecular flexibility index (Phi) is 18.0. The van der Waals surface area contributed by atoms with Gasteiger partial charge in [-0.15, -0.1) is 0 Å². The van der Waals surface area contributed by atoms with Crippen LogP contribution in [0, 0.1) is 0 Å². The van der Waals surface area contributed by atoms with Crippen molar-refractivity contribution >= 4 is 29.7 Å². The van der Waals surface area contributed by atoms with Gasteiger partial charge in [-0.1, -0.05) is 6.42 Å². The highest BCUT2D eigenvalue weighted by molar-refractivity contribution is 5.78. The number of carboxylic acid groups (broad SMARTS) is 3. The number of hydrogen-bond donors (Lipinski definition) is 7. The molecule has 0 aliphatic rings. The highest BCUT2D eigenvalue weighted by Crippen LogP contribution is 1.98. The first-order valence-corrected chi connectivity index (χ1v) is 11.2. The fourth-order valence-electron chi connectivity index (χ4n) is 2.97. The fraction of sp³-hybridized carbons (Fsp3) is 0.750. The van der Waals surface area contributed by atoms with Gasteiger partial charge in [-0.2, -0.15) is 0 Å². The number of nitrogens with one attached hydrogen (secondary N) is 3. The minimum Gasteiger partial charge on any atom is -0.480 e. The molecule has 0 saturated heterocycles. The smallest absolute Gasteiger partial charge is 0.317 e. The Morgan fingerprint density at radius 1 is 0.647 bits per heavy atom. The average molecular weight is 491 g/mol. The molecule has 0 aromatic heterocycles. The zero-order valence-electron chi connectivity index (χ0n) is 19.5. The number of unbranched alkanes of at least 4 members (excludes halogenated alkanes) is 2. The van der Waals surface area contributed by atoms with Crippen LogP contribution in [0.3, 0.4) is 0 Å². The van der Waals surface area contributed by atoms with Crippen molar-refractivity contribution in [3.05, 3.63) is 0 Å². The lowest BCUT2D eigenvalue weighted by molar-refractivity contribution is -0.139. The van der Waals surface area contributed by atoms with Crippen LogP contribution < -0.4 is 21.7 Å². The molecule has 0 saturated carbocycles. The van der Waals surface area contributed by atoms with Crippen LogP contribution in [0.15, 0.2) is 0 Å². The number of hydrogen-bond acceptors (Lipinski definition) is 9. The Bertz CT molecular complexity index is 649. The Balaban J connectivity index is 4.62. The molecule has 0 aliphatic carbocycles. The van der Waals surface area contributed by atoms with Crippen molar-refractivity contribution in [3.63, 3.8) is 0 Å². The standard InChI is InChI=1S/C20H38N6O8/c21-16(27)4-2-1-3-5-24-17(28)14-25(8-6-22-12-18(29)30)10-11-26(15-20(33)34)9-7-23-13-19(31)32/h22-23H,1-15H2,(H2,21,27)(H,24,28)(H,29,30)(H,31,32)(H,33,34). The van der Waals surface area contributed by atoms with Crippen molar-refractivity contribution in [1.82, 2.24) is 25.8 Å². The van der Waals surface area contributed by atoms with Crippen LogP contribution in [-0.4, -0.2) is 127 Å². The van der Waals surface area contributed by atoms with Crippen molar-refractivity contribution < 1.29 is 39.3 Å². The Labute approximate surface area is 198 Å². The van der Waals surface area contributed by atoms with Gasteiger partial charge in [-0.05, 0) is 12.8 Å². The molecule has 196 valence electrons. The van der Waals surface area contributed by atoms with Gasteiger partial charge >= 0.3 is 17.9 Å². The van der Waals surface area contributed by atoms with E-state index < -0.39 is 17.9 Å². The number of carbonyl (C=O) groups excluding carboxylic acids is 2. The van der Waals surface area contributed by atoms with E-state index in [1.54, 1.807) is 9.80 Å². The Morgan fingerprint density at radius 3 is 1.65 bits per heavy atom. The quantitative estimate of drug-likeness (QED) is 0.0722. The monoisotopic (exact) mass is 490 g/mol. The molecule has 0 rings (SSSR count). The zero-order valence-corrected chi connectivity index (χ0v) is 19.5. The van der Waals surface area contributed by atoms with E-state index in [2.05, 4.69) is 16.0 Å². The van der Waals surface area contributed by atoms with E-state index >= 15 is 0 Å². The van der Waals surface area contributed by atoms with Gasteiger partial charge in [0, 0.05) is 52.2 Å². The Morgan fingerprint density at radius 2 is 1.18 bits per heavy atom. The molecule has 0 atom stereocenters. The van der Waals surface area contributed by atoms with Gasteiger partial charge in [0.15, 0.2) is 0 Å². The van der Waals surface area contributed by atoms with Crippen LogP contribution in [0.4, 0.5) is 0 Å². The first-order valence-electron chi connectivity index (χ1n) is 11.2. The highest BCUT2D eigenvalue weighted by atomic mass is 16.4. The van der Waals surface area contributed by atoms with Gasteiger partial charge in [0.25, 0.3) is 0 Å². The summed E-state index contributed by atoms with van der Waals surface area (Å²) in [4.78, 5) is 58.9. The molecule has 0 aromatic carbocycles. The van der Waals surface area contributed by atoms with E-state index in [-0.39, 0.29) is 44.5 Å². The molecule has 14 heteroatoms. The molecular formula is C20H38N6O8. The van der Waals surface area contributed by atoms with Crippen molar-refractivity contribution in [2.45, 2.75) is 25.7 Å². The summed E-state index contributed by atoms with van der Waals surface area (Å²) in [6, 6.07) is 0. The number of nitrogens with zero attached hydrogens (tertiary/aromatic N) is 2. The molecule has 8 N–H and O–H groups in total. The van der Waals surface area contributed by atoms with Crippen LogP contribution in [-0.2, 0) is 24.0 Å². The topological polar surface area (TPSA) is 215 Å². The molecule has 0 heterocycles. The largest absolute Gasteiger partial charge is 0.480 e. The van der Waals surface area contributed by atoms with E-state index in [9.17, 15) is 24.0 Å². The molecule has 0 aromatic rings. The first kappa shape index (κ1) is 31.2. The van der Waals surface area contributed by atoms with E-state index in [1.165, 1.54) is 0 Å². The molecule has 0 fully saturated rings. The predicted molar refractivity (Wildman–Crippen MR) is 122 cm³/mol. The molecule has 2 amide bonds. The lowest BCUT2D eigenvalue weighted by atomic mass is 10.2. The van der Waals surface area contributed by atoms with Crippen LogP contribution in [0.1, 0.15) is 25.7 Å². The minimum atomic E-state index is -1.03. The highest BCUT2D eigenvalue weighted by Gasteiger charge is 2.15. The number of amides is 2. The second kappa shape index (κ2) is 19.6. The van der Waals surface area contributed by atoms with Crippen LogP contribution in [0.2, 0.25) is 0 Å². The minimum absolute atomic E-state index is 0.0498. The van der Waals surface area contributed by atoms with E-state index in [0.29, 0.717) is 58.5 Å². The number of aliphatic carboxylic acids is 3. The molecule has 0 unspecified atom stereocenters. The predicted octanol–water partition coefficient (Wildman–Crippen LogP) is -2.81. The number of rotatable bonds is 23. The summed E-state index contributed by atoms with van der Waals surface area (Å²) < 4.78 is 0. The summed E-state index contributed by atoms with van der Waals surface area (Å²) in [6.07, 6.45) is 2.43. The summed E-state index contributed by atoms with van der Waals surface area (Å²) in [6.45, 7) is 1.78. The molecule has 0 bridgehead atoms. The SMILES string of the molecule is NC(=O)CCCCCNC(=O)CN(CCNCC(=O)O)CCN(CCNCC(=O)O)CC(=O)O. The van der Waals surface area contributed by atoms with E-state index in [1.807, 2.05) is 0 Å². The number of carboxylic acids is 3. The fourth-order valence-corrected chi connectivity index (χ4v) is 2.97. The van der Waals surface area contributed by atoms with Gasteiger partial charge in [0.2, 0.25) is 11.8 Å². The normalized spacial score (nSPS) is 11.0. The van der Waals surface area contributed by atoms with Gasteiger partial charge < -0.3 is 37.0 Å².